The zero-order chi connectivity index (χ0) is 48.0. The van der Waals surface area contributed by atoms with Crippen LogP contribution >= 0.6 is 0 Å². The van der Waals surface area contributed by atoms with Gasteiger partial charge in [-0.1, -0.05) is 54.6 Å². The van der Waals surface area contributed by atoms with Crippen LogP contribution in [-0.4, -0.2) is 90.7 Å². The molecule has 0 bridgehead atoms. The number of fused-ring (bicyclic) bond motifs is 2. The first kappa shape index (κ1) is 47.0. The van der Waals surface area contributed by atoms with Gasteiger partial charge in [0.25, 0.3) is 5.91 Å². The van der Waals surface area contributed by atoms with Gasteiger partial charge in [-0.05, 0) is 104 Å². The van der Waals surface area contributed by atoms with Crippen LogP contribution in [0.3, 0.4) is 0 Å². The predicted octanol–water partition coefficient (Wildman–Crippen LogP) is 6.85. The van der Waals surface area contributed by atoms with Crippen molar-refractivity contribution in [2.45, 2.75) is 49.2 Å². The summed E-state index contributed by atoms with van der Waals surface area (Å²) in [5, 5.41) is 27.4. The van der Waals surface area contributed by atoms with Crippen LogP contribution in [0.5, 0.6) is 11.5 Å². The van der Waals surface area contributed by atoms with Crippen molar-refractivity contribution in [1.82, 2.24) is 20.2 Å². The number of nitrogens with zero attached hydrogens (tertiary/aromatic N) is 3. The number of aromatic nitrogens is 2. The fraction of sp³-hybridized carbons (Fsp3) is 0.255. The van der Waals surface area contributed by atoms with Crippen LogP contribution in [0.2, 0.25) is 0 Å². The number of aromatic amines is 1. The van der Waals surface area contributed by atoms with Gasteiger partial charge in [0, 0.05) is 60.1 Å². The summed E-state index contributed by atoms with van der Waals surface area (Å²) < 4.78 is 41.4. The number of pyridine rings is 2. The number of aryl methyl sites for hydroxylation is 2. The lowest BCUT2D eigenvalue weighted by Crippen LogP contribution is -2.58. The molecule has 5 aromatic carbocycles. The molecular weight excluding hydrogens is 887 g/mol. The molecule has 1 aliphatic heterocycles. The lowest BCUT2D eigenvalue weighted by atomic mass is 10.0. The molecule has 1 unspecified atom stereocenters. The number of aliphatic hydroxyl groups excluding tert-OH is 1. The van der Waals surface area contributed by atoms with Gasteiger partial charge in [-0.15, -0.1) is 0 Å². The van der Waals surface area contributed by atoms with Gasteiger partial charge in [0.1, 0.15) is 18.1 Å². The third-order valence-electron chi connectivity index (χ3n) is 12.2. The molecule has 1 aliphatic rings. The van der Waals surface area contributed by atoms with Gasteiger partial charge in [0.2, 0.25) is 15.4 Å². The van der Waals surface area contributed by atoms with E-state index >= 15 is 8.42 Å². The summed E-state index contributed by atoms with van der Waals surface area (Å²) in [6, 6.07) is 33.2. The number of piperazine rings is 1. The van der Waals surface area contributed by atoms with Crippen molar-refractivity contribution in [3.63, 3.8) is 0 Å². The number of aliphatic hydroxyl groups is 1. The number of aromatic hydroxyl groups is 1. The number of H-pyrrole nitrogens is 1. The van der Waals surface area contributed by atoms with E-state index in [1.165, 1.54) is 36.4 Å². The maximum Gasteiger partial charge on any atom is 0.410 e. The summed E-state index contributed by atoms with van der Waals surface area (Å²) >= 11 is 0. The normalized spacial score (nSPS) is 14.5. The number of methoxy groups -OCH3 is 1. The lowest BCUT2D eigenvalue weighted by Gasteiger charge is -2.41. The molecule has 0 radical (unpaired) electrons. The van der Waals surface area contributed by atoms with Crippen LogP contribution in [0.15, 0.2) is 131 Å². The number of sulfone groups is 1. The Balaban J connectivity index is 1.00. The summed E-state index contributed by atoms with van der Waals surface area (Å²) in [6.07, 6.45) is 2.30. The van der Waals surface area contributed by atoms with Crippen LogP contribution < -0.4 is 31.6 Å². The molecule has 16 nitrogen and oxygen atoms in total. The van der Waals surface area contributed by atoms with E-state index in [0.717, 1.165) is 30.4 Å². The fourth-order valence-electron chi connectivity index (χ4n) is 8.55. The Morgan fingerprint density at radius 3 is 2.49 bits per heavy atom. The van der Waals surface area contributed by atoms with Crippen molar-refractivity contribution < 1.29 is 37.7 Å². The number of hydrogen-bond acceptors (Lipinski definition) is 13. The van der Waals surface area contributed by atoms with E-state index in [0.29, 0.717) is 51.1 Å². The quantitative estimate of drug-likeness (QED) is 0.0514. The van der Waals surface area contributed by atoms with Crippen molar-refractivity contribution in [3.05, 3.63) is 160 Å². The number of amides is 2. The number of nitrogens with one attached hydrogen (secondary N) is 3. The van der Waals surface area contributed by atoms with Gasteiger partial charge >= 0.3 is 6.09 Å². The highest BCUT2D eigenvalue weighted by Crippen LogP contribution is 2.36. The first-order valence-corrected chi connectivity index (χ1v) is 23.8. The number of phenolic OH excluding ortho intramolecular Hbond substituents is 1. The van der Waals surface area contributed by atoms with Crippen molar-refractivity contribution in [2.75, 3.05) is 50.1 Å². The molecule has 7 aromatic rings. The number of carbonyl (C=O) groups excluding carboxylic acids is 2. The van der Waals surface area contributed by atoms with E-state index in [2.05, 4.69) is 20.6 Å². The first-order chi connectivity index (χ1) is 32.8. The van der Waals surface area contributed by atoms with Crippen LogP contribution in [-0.2, 0) is 27.6 Å². The van der Waals surface area contributed by atoms with Crippen molar-refractivity contribution in [2.24, 2.45) is 5.73 Å². The molecule has 1 saturated heterocycles. The Bertz CT molecular complexity index is 3130. The average molecular weight is 940 g/mol. The number of unbranched alkanes of at least 4 members (excludes halogenated alkanes) is 1. The van der Waals surface area contributed by atoms with E-state index in [1.54, 1.807) is 54.3 Å². The highest BCUT2D eigenvalue weighted by atomic mass is 32.2. The zero-order valence-corrected chi connectivity index (χ0v) is 38.5. The molecule has 1 fully saturated rings. The summed E-state index contributed by atoms with van der Waals surface area (Å²) in [5.41, 5.74) is 10.8. The second kappa shape index (κ2) is 20.6. The highest BCUT2D eigenvalue weighted by molar-refractivity contribution is 7.92. The minimum Gasteiger partial charge on any atom is -0.506 e. The number of carbonyl (C=O) groups is 2. The Labute approximate surface area is 393 Å². The zero-order valence-electron chi connectivity index (χ0n) is 37.6. The molecule has 2 aromatic heterocycles. The standard InChI is InChI=1S/C51H53N7O9S/c1-32-25-38(27-41-47(32)54-28-42(50(52)62)48(41)55-35-12-8-13-37(26-35)66-2)68(64,65)46-30-57(51(63)67-31-34-10-4-3-5-11-34)23-24-58(46)36-16-14-33(15-17-36)9-6-7-22-53-29-44(60)39-18-20-43(59)49-40(39)19-21-45(61)56-49/h3-5,8,10-21,25-28,44,46,53,59-60H,6-7,9,22-24,29-31H2,1-2H3,(H2,52,62)(H,54,55)(H,56,61)/t44?,46-/m1/s1. The number of rotatable bonds is 17. The SMILES string of the molecule is COc1cccc(Nc2c(C(N)=O)cnc3c(C)cc(S(=O)(=O)[C@@H]4CN(C(=O)OCc5ccccc5)CCN4c4ccc(CCCCNCC(O)c5ccc(O)c6[nH]c(=O)ccc56)cc4)cc23)c1. The molecule has 17 heteroatoms. The van der Waals surface area contributed by atoms with E-state index in [4.69, 9.17) is 15.2 Å². The number of hydrogen-bond donors (Lipinski definition) is 6. The fourth-order valence-corrected chi connectivity index (χ4v) is 10.4. The molecule has 2 amide bonds. The van der Waals surface area contributed by atoms with Crippen LogP contribution in [0, 0.1) is 6.92 Å². The molecule has 7 N–H and O–H groups in total. The second-order valence-electron chi connectivity index (χ2n) is 16.7. The van der Waals surface area contributed by atoms with Crippen molar-refractivity contribution in [3.8, 4) is 11.5 Å². The van der Waals surface area contributed by atoms with E-state index < -0.39 is 33.3 Å². The average Bonchev–Trinajstić information content (AvgIpc) is 3.35. The summed E-state index contributed by atoms with van der Waals surface area (Å²) in [4.78, 5) is 48.5. The number of benzene rings is 5. The topological polar surface area (TPSA) is 230 Å². The van der Waals surface area contributed by atoms with Gasteiger partial charge in [-0.2, -0.15) is 0 Å². The molecule has 2 atom stereocenters. The molecular formula is C51H53N7O9S. The molecule has 352 valence electrons. The van der Waals surface area contributed by atoms with Gasteiger partial charge in [0.15, 0.2) is 5.37 Å². The smallest absolute Gasteiger partial charge is 0.410 e. The molecule has 68 heavy (non-hydrogen) atoms. The predicted molar refractivity (Wildman–Crippen MR) is 261 cm³/mol. The number of nitrogens with two attached hydrogens (primary N) is 1. The minimum absolute atomic E-state index is 0.0279. The van der Waals surface area contributed by atoms with Gasteiger partial charge in [-0.25, -0.2) is 13.2 Å². The largest absolute Gasteiger partial charge is 0.506 e. The van der Waals surface area contributed by atoms with Crippen LogP contribution in [0.1, 0.15) is 51.6 Å². The summed E-state index contributed by atoms with van der Waals surface area (Å²) in [5.74, 6) is -0.255. The third-order valence-corrected chi connectivity index (χ3v) is 14.2. The van der Waals surface area contributed by atoms with Gasteiger partial charge < -0.3 is 50.8 Å². The first-order valence-electron chi connectivity index (χ1n) is 22.2. The Kier molecular flexibility index (Phi) is 14.2. The Morgan fingerprint density at radius 2 is 1.72 bits per heavy atom. The second-order valence-corrected chi connectivity index (χ2v) is 18.8. The number of phenols is 1. The van der Waals surface area contributed by atoms with Crippen molar-refractivity contribution in [1.29, 1.82) is 0 Å². The van der Waals surface area contributed by atoms with Crippen LogP contribution in [0.25, 0.3) is 21.8 Å². The van der Waals surface area contributed by atoms with E-state index in [-0.39, 0.29) is 65.8 Å². The van der Waals surface area contributed by atoms with Gasteiger partial charge in [0.05, 0.1) is 46.9 Å². The molecule has 0 spiro atoms. The summed E-state index contributed by atoms with van der Waals surface area (Å²) in [7, 11) is -2.74. The number of anilines is 3. The lowest BCUT2D eigenvalue weighted by molar-refractivity contribution is 0.0924. The van der Waals surface area contributed by atoms with E-state index in [1.807, 2.05) is 54.6 Å². The maximum absolute atomic E-state index is 15.2. The third kappa shape index (κ3) is 10.4. The minimum atomic E-state index is -4.28. The highest BCUT2D eigenvalue weighted by Gasteiger charge is 2.40. The molecule has 8 rings (SSSR count). The summed E-state index contributed by atoms with van der Waals surface area (Å²) in [6.45, 7) is 2.92. The molecule has 0 aliphatic carbocycles. The molecule has 0 saturated carbocycles. The maximum atomic E-state index is 15.2. The van der Waals surface area contributed by atoms with Crippen molar-refractivity contribution >= 4 is 60.7 Å². The Hall–Kier alpha value is -7.47. The van der Waals surface area contributed by atoms with E-state index in [9.17, 15) is 24.6 Å². The van der Waals surface area contributed by atoms with Crippen LogP contribution in [0.4, 0.5) is 21.9 Å². The number of primary amides is 1. The molecule has 3 heterocycles. The number of ether oxygens (including phenoxy) is 2. The Morgan fingerprint density at radius 1 is 0.926 bits per heavy atom. The monoisotopic (exact) mass is 939 g/mol. The van der Waals surface area contributed by atoms with Gasteiger partial charge in [-0.3, -0.25) is 14.6 Å².